The number of carboxylic acids is 1. The molecule has 0 unspecified atom stereocenters. The molecule has 8 atom stereocenters. The lowest BCUT2D eigenvalue weighted by molar-refractivity contribution is -0.174. The first-order valence-corrected chi connectivity index (χ1v) is 24.3. The molecule has 2 fully saturated rings. The van der Waals surface area contributed by atoms with Crippen LogP contribution in [-0.4, -0.2) is 141 Å². The first-order valence-electron chi connectivity index (χ1n) is 24.3. The molecule has 27 nitrogen and oxygen atoms in total. The van der Waals surface area contributed by atoms with Crippen molar-refractivity contribution in [2.45, 2.75) is 155 Å². The monoisotopic (exact) mass is 1080 g/mol. The van der Waals surface area contributed by atoms with Gasteiger partial charge in [0.25, 0.3) is 0 Å². The van der Waals surface area contributed by atoms with Gasteiger partial charge in [0, 0.05) is 0 Å². The Morgan fingerprint density at radius 2 is 1.16 bits per heavy atom. The summed E-state index contributed by atoms with van der Waals surface area (Å²) < 4.78 is 42.0. The van der Waals surface area contributed by atoms with Gasteiger partial charge in [-0.1, -0.05) is 41.5 Å². The van der Waals surface area contributed by atoms with Crippen molar-refractivity contribution >= 4 is 58.5 Å². The highest BCUT2D eigenvalue weighted by molar-refractivity contribution is 5.83. The number of carboxylic acid groups (broad SMARTS) is 1. The van der Waals surface area contributed by atoms with Gasteiger partial charge in [0.2, 0.25) is 11.2 Å². The molecular weight excluding hydrogens is 1010 g/mol. The fraction of sp³-hybridized carbons (Fsp3) is 0.600. The first kappa shape index (κ1) is 62.0. The summed E-state index contributed by atoms with van der Waals surface area (Å²) in [6, 6.07) is 10.1. The van der Waals surface area contributed by atoms with E-state index in [1.165, 1.54) is 61.5 Å². The second-order valence-electron chi connectivity index (χ2n) is 21.4. The van der Waals surface area contributed by atoms with Crippen molar-refractivity contribution in [1.29, 1.82) is 10.5 Å². The Labute approximate surface area is 443 Å². The second-order valence-corrected chi connectivity index (χ2v) is 21.4. The minimum atomic E-state index is -2.02. The van der Waals surface area contributed by atoms with E-state index < -0.39 is 125 Å². The number of aliphatic hydroxyl groups excluding tert-OH is 2. The van der Waals surface area contributed by atoms with Crippen LogP contribution in [0.3, 0.4) is 0 Å². The molecule has 2 aliphatic heterocycles. The number of fused-ring (bicyclic) bond motifs is 2. The molecule has 27 heteroatoms. The number of anilines is 2. The number of esters is 5. The Kier molecular flexibility index (Phi) is 19.5. The zero-order valence-electron chi connectivity index (χ0n) is 45.2. The summed E-state index contributed by atoms with van der Waals surface area (Å²) in [7, 11) is 0. The average Bonchev–Trinajstić information content (AvgIpc) is 4.10. The van der Waals surface area contributed by atoms with Crippen molar-refractivity contribution in [2.24, 2.45) is 28.9 Å². The van der Waals surface area contributed by atoms with E-state index in [-0.39, 0.29) is 35.4 Å². The molecule has 0 aliphatic carbocycles. The Morgan fingerprint density at radius 3 is 1.60 bits per heavy atom. The van der Waals surface area contributed by atoms with E-state index >= 15 is 0 Å². The van der Waals surface area contributed by atoms with Crippen LogP contribution in [0.2, 0.25) is 0 Å². The molecule has 77 heavy (non-hydrogen) atoms. The Hall–Kier alpha value is -7.56. The fourth-order valence-corrected chi connectivity index (χ4v) is 7.39. The number of nitrogen functional groups attached to an aromatic ring is 2. The summed E-state index contributed by atoms with van der Waals surface area (Å²) in [5.41, 5.74) is 11.4. The van der Waals surface area contributed by atoms with E-state index in [2.05, 4.69) is 26.2 Å². The van der Waals surface area contributed by atoms with E-state index in [9.17, 15) is 49.5 Å². The number of carbonyl (C=O) groups excluding carboxylic acids is 5. The highest BCUT2D eigenvalue weighted by Crippen LogP contribution is 2.45. The van der Waals surface area contributed by atoms with Gasteiger partial charge < -0.3 is 65.7 Å². The van der Waals surface area contributed by atoms with Gasteiger partial charge in [-0.2, -0.15) is 20.7 Å². The molecule has 0 bridgehead atoms. The van der Waals surface area contributed by atoms with Crippen molar-refractivity contribution in [1.82, 2.24) is 29.2 Å². The molecule has 9 N–H and O–H groups in total. The molecular formula is C50H69N11O16. The topological polar surface area (TPSA) is 414 Å². The van der Waals surface area contributed by atoms with Crippen LogP contribution in [0.5, 0.6) is 0 Å². The van der Waals surface area contributed by atoms with Crippen LogP contribution in [0.4, 0.5) is 11.6 Å². The molecule has 6 rings (SSSR count). The van der Waals surface area contributed by atoms with Crippen molar-refractivity contribution in [3.8, 4) is 12.1 Å². The van der Waals surface area contributed by atoms with Gasteiger partial charge in [-0.15, -0.1) is 0 Å². The highest BCUT2D eigenvalue weighted by Gasteiger charge is 2.63. The third-order valence-electron chi connectivity index (χ3n) is 11.7. The largest absolute Gasteiger partial charge is 0.481 e. The summed E-state index contributed by atoms with van der Waals surface area (Å²) >= 11 is 0. The molecule has 420 valence electrons. The molecule has 0 spiro atoms. The molecule has 0 aromatic carbocycles. The van der Waals surface area contributed by atoms with Crippen LogP contribution in [0.25, 0.3) is 11.0 Å². The number of aliphatic hydroxyl groups is 2. The summed E-state index contributed by atoms with van der Waals surface area (Å²) in [6.07, 6.45) is -6.24. The Morgan fingerprint density at radius 1 is 0.714 bits per heavy atom. The lowest BCUT2D eigenvalue weighted by Crippen LogP contribution is -2.47. The van der Waals surface area contributed by atoms with Gasteiger partial charge in [0.1, 0.15) is 84.6 Å². The van der Waals surface area contributed by atoms with Crippen LogP contribution in [0.15, 0.2) is 36.9 Å². The summed E-state index contributed by atoms with van der Waals surface area (Å²) in [5.74, 6) is -5.13. The number of nitriles is 2. The number of hydrogen-bond acceptors (Lipinski definition) is 24. The van der Waals surface area contributed by atoms with Crippen molar-refractivity contribution in [2.75, 3.05) is 24.7 Å². The minimum Gasteiger partial charge on any atom is -0.481 e. The van der Waals surface area contributed by atoms with Crippen LogP contribution >= 0.6 is 0 Å². The number of aromatic nitrogens is 6. The first-order chi connectivity index (χ1) is 35.6. The Bertz CT molecular complexity index is 2890. The maximum atomic E-state index is 12.8. The van der Waals surface area contributed by atoms with Gasteiger partial charge in [-0.05, 0) is 72.7 Å². The van der Waals surface area contributed by atoms with E-state index in [1.807, 2.05) is 6.07 Å². The molecule has 0 saturated carbocycles. The highest BCUT2D eigenvalue weighted by atomic mass is 16.7. The third-order valence-corrected chi connectivity index (χ3v) is 11.7. The van der Waals surface area contributed by atoms with Crippen molar-refractivity contribution in [3.63, 3.8) is 0 Å². The van der Waals surface area contributed by atoms with Gasteiger partial charge >= 0.3 is 35.8 Å². The van der Waals surface area contributed by atoms with Crippen molar-refractivity contribution in [3.05, 3.63) is 48.3 Å². The predicted molar refractivity (Wildman–Crippen MR) is 267 cm³/mol. The summed E-state index contributed by atoms with van der Waals surface area (Å²) in [6.45, 7) is 20.0. The predicted octanol–water partition coefficient (Wildman–Crippen LogP) is 2.02. The standard InChI is InChI=1S/C24H32N6O7.C22H29N5O7.C4H8O2/c1-12(2)20(31)35-17-15(9-34-22(33)23(5,6)27)37-24(10-25,18(17)36-21(32)13(3)4)16-8-7-14-19(26)28-11-29-30(14)16;1-20(2,3)34-15(28)8-21(4,5)19(31)32-9-13-16(29)17(30)22(10-23,33-13)14-7-6-12-18(24)25-11-26-27(12)14;1-3(2)4(5)6/h7-8,11-13,15,17-18H,9,27H2,1-6H3,(H2,26,28,29);6-7,11,13,16-17,29-30H,8-9H2,1-5H3,(H2,24,25,26);3H,1-2H3,(H,5,6)/t15-,17-,18-,24+;13-,16-,17-,22+;/m11./s1. The lowest BCUT2D eigenvalue weighted by Gasteiger charge is -2.29. The number of rotatable bonds is 15. The van der Waals surface area contributed by atoms with Gasteiger partial charge in [0.15, 0.2) is 23.8 Å². The Balaban J connectivity index is 0.000000301. The average molecular weight is 1080 g/mol. The van der Waals surface area contributed by atoms with E-state index in [0.29, 0.717) is 11.0 Å². The number of carbonyl (C=O) groups is 6. The zero-order valence-corrected chi connectivity index (χ0v) is 45.2. The zero-order chi connectivity index (χ0) is 58.3. The maximum absolute atomic E-state index is 12.8. The van der Waals surface area contributed by atoms with Gasteiger partial charge in [0.05, 0.1) is 41.0 Å². The summed E-state index contributed by atoms with van der Waals surface area (Å²) in [5, 5.41) is 58.0. The van der Waals surface area contributed by atoms with E-state index in [1.54, 1.807) is 74.4 Å². The number of aliphatic carboxylic acids is 1. The summed E-state index contributed by atoms with van der Waals surface area (Å²) in [4.78, 5) is 80.1. The molecule has 6 heterocycles. The number of hydrogen-bond donors (Lipinski definition) is 6. The third kappa shape index (κ3) is 14.1. The molecule has 0 amide bonds. The fourth-order valence-electron chi connectivity index (χ4n) is 7.39. The number of ether oxygens (including phenoxy) is 7. The van der Waals surface area contributed by atoms with E-state index in [4.69, 9.17) is 55.5 Å². The van der Waals surface area contributed by atoms with Crippen LogP contribution < -0.4 is 17.2 Å². The minimum absolute atomic E-state index is 0.129. The normalized spacial score (nSPS) is 23.2. The van der Waals surface area contributed by atoms with Crippen LogP contribution in [-0.2, 0) is 73.1 Å². The van der Waals surface area contributed by atoms with Crippen LogP contribution in [0, 0.1) is 45.8 Å². The van der Waals surface area contributed by atoms with E-state index in [0.717, 1.165) is 0 Å². The molecule has 4 aromatic rings. The smallest absolute Gasteiger partial charge is 0.325 e. The molecule has 2 saturated heterocycles. The molecule has 0 radical (unpaired) electrons. The molecule has 4 aromatic heterocycles. The van der Waals surface area contributed by atoms with Gasteiger partial charge in [-0.25, -0.2) is 19.0 Å². The van der Waals surface area contributed by atoms with Crippen molar-refractivity contribution < 1.29 is 77.2 Å². The quantitative estimate of drug-likeness (QED) is 0.0732. The SMILES string of the molecule is CC(C)(C)OC(=O)CC(C)(C)C(=O)OC[C@H]1O[C@@](C#N)(c2ccc3c(N)ncnn23)[C@H](O)[C@@H]1O.CC(C)C(=O)O.CC(C)C(=O)O[C@H]1[C@@H](OC(=O)C(C)C)[C@](C#N)(c2ccc3c(N)ncnn23)O[C@@H]1COC(=O)C(C)(C)N. The number of nitrogens with zero attached hydrogens (tertiary/aromatic N) is 8. The number of nitrogens with two attached hydrogens (primary N) is 3. The second kappa shape index (κ2) is 24.2. The molecule has 2 aliphatic rings. The van der Waals surface area contributed by atoms with Gasteiger partial charge in [-0.3, -0.25) is 28.8 Å². The maximum Gasteiger partial charge on any atom is 0.325 e. The lowest BCUT2D eigenvalue weighted by atomic mass is 9.89. The van der Waals surface area contributed by atoms with Crippen LogP contribution in [0.1, 0.15) is 108 Å².